The Hall–Kier alpha value is -1.93. The van der Waals surface area contributed by atoms with E-state index in [1.165, 1.54) is 6.07 Å². The van der Waals surface area contributed by atoms with Gasteiger partial charge < -0.3 is 10.2 Å². The summed E-state index contributed by atoms with van der Waals surface area (Å²) >= 11 is 0. The molecule has 0 aromatic heterocycles. The van der Waals surface area contributed by atoms with E-state index in [-0.39, 0.29) is 11.1 Å². The number of hydrogen-bond acceptors (Lipinski definition) is 3. The lowest BCUT2D eigenvalue weighted by atomic mass is 10.0. The molecule has 0 saturated heterocycles. The summed E-state index contributed by atoms with van der Waals surface area (Å²) in [5.41, 5.74) is -1.09. The molecule has 14 heavy (non-hydrogen) atoms. The first-order valence-electron chi connectivity index (χ1n) is 3.67. The summed E-state index contributed by atoms with van der Waals surface area (Å²) in [4.78, 5) is 10.6. The molecule has 1 rings (SSSR count). The lowest BCUT2D eigenvalue weighted by molar-refractivity contribution is 0.0691. The van der Waals surface area contributed by atoms with Gasteiger partial charge in [-0.2, -0.15) is 5.26 Å². The molecule has 5 heteroatoms. The summed E-state index contributed by atoms with van der Waals surface area (Å²) in [6.45, 7) is -0.599. The topological polar surface area (TPSA) is 81.3 Å². The number of aliphatic hydroxyl groups is 1. The molecule has 0 radical (unpaired) electrons. The molecular formula is C9H6FNO3. The second kappa shape index (κ2) is 3.85. The first-order chi connectivity index (χ1) is 6.61. The second-order valence-corrected chi connectivity index (χ2v) is 2.54. The third-order valence-corrected chi connectivity index (χ3v) is 1.73. The lowest BCUT2D eigenvalue weighted by Gasteiger charge is -2.03. The predicted octanol–water partition coefficient (Wildman–Crippen LogP) is 0.888. The maximum atomic E-state index is 13.3. The molecule has 0 atom stereocenters. The van der Waals surface area contributed by atoms with Crippen molar-refractivity contribution in [1.82, 2.24) is 0 Å². The Balaban J connectivity index is 3.49. The number of aliphatic hydroxyl groups excluding tert-OH is 1. The number of carboxylic acids is 1. The average Bonchev–Trinajstić information content (AvgIpc) is 2.16. The summed E-state index contributed by atoms with van der Waals surface area (Å²) in [7, 11) is 0. The fourth-order valence-electron chi connectivity index (χ4n) is 1.04. The molecule has 4 nitrogen and oxygen atoms in total. The molecule has 2 N–H and O–H groups in total. The summed E-state index contributed by atoms with van der Waals surface area (Å²) < 4.78 is 13.3. The van der Waals surface area contributed by atoms with Crippen LogP contribution in [0, 0.1) is 17.1 Å². The van der Waals surface area contributed by atoms with Gasteiger partial charge in [-0.1, -0.05) is 6.07 Å². The van der Waals surface area contributed by atoms with Crippen LogP contribution < -0.4 is 0 Å². The number of hydrogen-bond donors (Lipinski definition) is 2. The van der Waals surface area contributed by atoms with Gasteiger partial charge in [0.25, 0.3) is 0 Å². The number of benzene rings is 1. The minimum atomic E-state index is -1.52. The number of carbonyl (C=O) groups is 1. The van der Waals surface area contributed by atoms with Crippen molar-refractivity contribution >= 4 is 5.97 Å². The zero-order valence-electron chi connectivity index (χ0n) is 6.99. The van der Waals surface area contributed by atoms with Gasteiger partial charge in [0.1, 0.15) is 17.4 Å². The van der Waals surface area contributed by atoms with Crippen LogP contribution >= 0.6 is 0 Å². The predicted molar refractivity (Wildman–Crippen MR) is 44.0 cm³/mol. The minimum absolute atomic E-state index is 0.138. The van der Waals surface area contributed by atoms with Crippen LogP contribution in [0.5, 0.6) is 0 Å². The molecule has 0 aliphatic carbocycles. The van der Waals surface area contributed by atoms with E-state index in [0.29, 0.717) is 0 Å². The molecule has 0 fully saturated rings. The summed E-state index contributed by atoms with van der Waals surface area (Å²) in [5, 5.41) is 25.8. The van der Waals surface area contributed by atoms with Gasteiger partial charge in [0.05, 0.1) is 12.2 Å². The fraction of sp³-hybridized carbons (Fsp3) is 0.111. The van der Waals surface area contributed by atoms with Crippen LogP contribution in [0.4, 0.5) is 4.39 Å². The summed E-state index contributed by atoms with van der Waals surface area (Å²) in [6, 6.07) is 3.91. The van der Waals surface area contributed by atoms with E-state index in [2.05, 4.69) is 0 Å². The van der Waals surface area contributed by atoms with E-state index >= 15 is 0 Å². The normalized spacial score (nSPS) is 9.50. The lowest BCUT2D eigenvalue weighted by Crippen LogP contribution is -2.07. The molecule has 0 aliphatic heterocycles. The van der Waals surface area contributed by atoms with Crippen molar-refractivity contribution in [1.29, 1.82) is 5.26 Å². The van der Waals surface area contributed by atoms with Gasteiger partial charge in [0, 0.05) is 5.56 Å². The van der Waals surface area contributed by atoms with Crippen LogP contribution in [-0.2, 0) is 6.61 Å². The molecule has 0 bridgehead atoms. The van der Waals surface area contributed by atoms with Crippen LogP contribution in [0.25, 0.3) is 0 Å². The zero-order chi connectivity index (χ0) is 10.7. The Bertz CT molecular complexity index is 423. The molecule has 0 heterocycles. The van der Waals surface area contributed by atoms with E-state index in [9.17, 15) is 9.18 Å². The zero-order valence-corrected chi connectivity index (χ0v) is 6.99. The molecule has 0 spiro atoms. The third kappa shape index (κ3) is 1.56. The highest BCUT2D eigenvalue weighted by atomic mass is 19.1. The van der Waals surface area contributed by atoms with Crippen LogP contribution in [0.3, 0.4) is 0 Å². The minimum Gasteiger partial charge on any atom is -0.478 e. The van der Waals surface area contributed by atoms with E-state index in [4.69, 9.17) is 15.5 Å². The Morgan fingerprint density at radius 1 is 1.57 bits per heavy atom. The maximum Gasteiger partial charge on any atom is 0.340 e. The summed E-state index contributed by atoms with van der Waals surface area (Å²) in [6.07, 6.45) is 0. The molecule has 0 amide bonds. The van der Waals surface area contributed by atoms with Crippen LogP contribution in [-0.4, -0.2) is 16.2 Å². The number of aromatic carboxylic acids is 1. The molecule has 1 aromatic rings. The van der Waals surface area contributed by atoms with E-state index in [1.54, 1.807) is 6.07 Å². The number of rotatable bonds is 2. The first-order valence-corrected chi connectivity index (χ1v) is 3.67. The standard InChI is InChI=1S/C9H6FNO3/c10-8-6(4-12)2-1-5(3-11)7(8)9(13)14/h1-2,12H,4H2,(H,13,14). The van der Waals surface area contributed by atoms with Crippen molar-refractivity contribution in [2.24, 2.45) is 0 Å². The van der Waals surface area contributed by atoms with Crippen molar-refractivity contribution in [3.63, 3.8) is 0 Å². The molecule has 0 saturated carbocycles. The molecule has 1 aromatic carbocycles. The highest BCUT2D eigenvalue weighted by Crippen LogP contribution is 2.17. The molecular weight excluding hydrogens is 189 g/mol. The molecule has 72 valence electrons. The van der Waals surface area contributed by atoms with E-state index in [1.807, 2.05) is 0 Å². The van der Waals surface area contributed by atoms with Gasteiger partial charge in [-0.3, -0.25) is 0 Å². The Kier molecular flexibility index (Phi) is 2.79. The smallest absolute Gasteiger partial charge is 0.340 e. The first kappa shape index (κ1) is 10.2. The second-order valence-electron chi connectivity index (χ2n) is 2.54. The number of nitriles is 1. The Morgan fingerprint density at radius 2 is 2.21 bits per heavy atom. The van der Waals surface area contributed by atoms with Crippen LogP contribution in [0.2, 0.25) is 0 Å². The van der Waals surface area contributed by atoms with Crippen LogP contribution in [0.15, 0.2) is 12.1 Å². The van der Waals surface area contributed by atoms with Gasteiger partial charge in [0.2, 0.25) is 0 Å². The SMILES string of the molecule is N#Cc1ccc(CO)c(F)c1C(=O)O. The number of carboxylic acid groups (broad SMARTS) is 1. The highest BCUT2D eigenvalue weighted by molar-refractivity contribution is 5.91. The van der Waals surface area contributed by atoms with Crippen LogP contribution in [0.1, 0.15) is 21.5 Å². The number of halogens is 1. The quantitative estimate of drug-likeness (QED) is 0.734. The van der Waals surface area contributed by atoms with Gasteiger partial charge in [0.15, 0.2) is 0 Å². The fourth-order valence-corrected chi connectivity index (χ4v) is 1.04. The molecule has 0 unspecified atom stereocenters. The van der Waals surface area contributed by atoms with Gasteiger partial charge in [-0.25, -0.2) is 9.18 Å². The van der Waals surface area contributed by atoms with Crippen molar-refractivity contribution in [2.45, 2.75) is 6.61 Å². The third-order valence-electron chi connectivity index (χ3n) is 1.73. The largest absolute Gasteiger partial charge is 0.478 e. The van der Waals surface area contributed by atoms with Crippen molar-refractivity contribution in [3.05, 3.63) is 34.6 Å². The molecule has 0 aliphatic rings. The van der Waals surface area contributed by atoms with E-state index < -0.39 is 24.0 Å². The van der Waals surface area contributed by atoms with Gasteiger partial charge in [-0.05, 0) is 6.07 Å². The highest BCUT2D eigenvalue weighted by Gasteiger charge is 2.18. The Labute approximate surface area is 78.8 Å². The average molecular weight is 195 g/mol. The summed E-state index contributed by atoms with van der Waals surface area (Å²) in [5.74, 6) is -2.58. The van der Waals surface area contributed by atoms with Gasteiger partial charge >= 0.3 is 5.97 Å². The number of nitrogens with zero attached hydrogens (tertiary/aromatic N) is 1. The monoisotopic (exact) mass is 195 g/mol. The van der Waals surface area contributed by atoms with E-state index in [0.717, 1.165) is 6.07 Å². The van der Waals surface area contributed by atoms with Crippen molar-refractivity contribution in [2.75, 3.05) is 0 Å². The maximum absolute atomic E-state index is 13.3. The van der Waals surface area contributed by atoms with Crippen molar-refractivity contribution < 1.29 is 19.4 Å². The van der Waals surface area contributed by atoms with Gasteiger partial charge in [-0.15, -0.1) is 0 Å². The Morgan fingerprint density at radius 3 is 2.64 bits per heavy atom. The van der Waals surface area contributed by atoms with Crippen molar-refractivity contribution in [3.8, 4) is 6.07 Å².